The van der Waals surface area contributed by atoms with Crippen LogP contribution < -0.4 is 15.4 Å². The van der Waals surface area contributed by atoms with Crippen molar-refractivity contribution >= 4 is 35.6 Å². The second-order valence-electron chi connectivity index (χ2n) is 2.44. The average Bonchev–Trinajstić information content (AvgIpc) is 2.11. The predicted octanol–water partition coefficient (Wildman–Crippen LogP) is 0.548. The van der Waals surface area contributed by atoms with Crippen molar-refractivity contribution < 1.29 is 24.5 Å². The first-order chi connectivity index (χ1) is 7.40. The monoisotopic (exact) mass is 248 g/mol. The van der Waals surface area contributed by atoms with E-state index in [4.69, 9.17) is 21.8 Å². The van der Waals surface area contributed by atoms with Gasteiger partial charge in [0.15, 0.2) is 5.15 Å². The predicted molar refractivity (Wildman–Crippen MR) is 51.5 cm³/mol. The molecule has 0 aliphatic carbocycles. The molecular weight excluding hydrogens is 244 g/mol. The Morgan fingerprint density at radius 3 is 2.44 bits per heavy atom. The number of anilines is 2. The molecule has 0 unspecified atom stereocenters. The van der Waals surface area contributed by atoms with Gasteiger partial charge in [-0.15, -0.1) is 0 Å². The van der Waals surface area contributed by atoms with E-state index in [1.165, 1.54) is 0 Å². The van der Waals surface area contributed by atoms with Gasteiger partial charge < -0.3 is 15.4 Å². The van der Waals surface area contributed by atoms with Gasteiger partial charge in [0.2, 0.25) is 5.82 Å². The number of nitrogens with zero attached hydrogens (tertiary/aromatic N) is 2. The molecule has 0 aliphatic rings. The molecule has 0 spiro atoms. The van der Waals surface area contributed by atoms with Gasteiger partial charge >= 0.3 is 18.1 Å². The van der Waals surface area contributed by atoms with E-state index in [1.807, 2.05) is 0 Å². The highest BCUT2D eigenvalue weighted by atomic mass is 35.5. The minimum absolute atomic E-state index is 0.0475. The fourth-order valence-electron chi connectivity index (χ4n) is 0.835. The van der Waals surface area contributed by atoms with Crippen molar-refractivity contribution in [3.05, 3.63) is 16.4 Å². The van der Waals surface area contributed by atoms with Crippen molar-refractivity contribution in [2.75, 3.05) is 10.6 Å². The Morgan fingerprint density at radius 1 is 1.38 bits per heavy atom. The largest absolute Gasteiger partial charge is 0.754 e. The number of carbonyl (C=O) groups is 2. The fraction of sp³-hybridized carbons (Fsp3) is 0. The van der Waals surface area contributed by atoms with Gasteiger partial charge in [0.25, 0.3) is 0 Å². The van der Waals surface area contributed by atoms with E-state index < -0.39 is 24.0 Å². The highest BCUT2D eigenvalue weighted by Gasteiger charge is 2.16. The lowest BCUT2D eigenvalue weighted by Crippen LogP contribution is -2.37. The molecule has 10 heteroatoms. The molecule has 16 heavy (non-hydrogen) atoms. The molecule has 0 aliphatic heterocycles. The fourth-order valence-corrected chi connectivity index (χ4v) is 1.02. The second kappa shape index (κ2) is 4.49. The van der Waals surface area contributed by atoms with E-state index in [0.717, 1.165) is 6.07 Å². The molecule has 0 saturated heterocycles. The summed E-state index contributed by atoms with van der Waals surface area (Å²) < 4.78 is -0.0475. The van der Waals surface area contributed by atoms with Crippen LogP contribution in [-0.2, 0) is 0 Å². The zero-order valence-electron chi connectivity index (χ0n) is 7.47. The Kier molecular flexibility index (Phi) is 3.30. The van der Waals surface area contributed by atoms with E-state index in [-0.39, 0.29) is 9.88 Å². The van der Waals surface area contributed by atoms with Crippen LogP contribution in [0, 0.1) is 5.21 Å². The molecule has 1 aromatic heterocycles. The van der Waals surface area contributed by atoms with Gasteiger partial charge in [-0.25, -0.2) is 19.6 Å². The van der Waals surface area contributed by atoms with Crippen LogP contribution >= 0.6 is 11.6 Å². The topological polar surface area (TPSA) is 138 Å². The minimum Gasteiger partial charge on any atom is -0.754 e. The summed E-state index contributed by atoms with van der Waals surface area (Å²) in [5.41, 5.74) is 0. The van der Waals surface area contributed by atoms with Gasteiger partial charge in [0.1, 0.15) is 0 Å². The van der Waals surface area contributed by atoms with Crippen LogP contribution in [0.25, 0.3) is 0 Å². The van der Waals surface area contributed by atoms with Gasteiger partial charge in [-0.05, 0) is 11.6 Å². The Labute approximate surface area is 92.9 Å². The summed E-state index contributed by atoms with van der Waals surface area (Å²) in [6, 6.07) is 0.940. The van der Waals surface area contributed by atoms with Crippen LogP contribution in [0.15, 0.2) is 6.07 Å². The van der Waals surface area contributed by atoms with Crippen LogP contribution in [0.4, 0.5) is 21.4 Å². The van der Waals surface area contributed by atoms with E-state index >= 15 is 0 Å². The van der Waals surface area contributed by atoms with E-state index in [9.17, 15) is 14.8 Å². The molecule has 4 N–H and O–H groups in total. The molecule has 1 rings (SSSR count). The quantitative estimate of drug-likeness (QED) is 0.342. The summed E-state index contributed by atoms with van der Waals surface area (Å²) in [6.07, 6.45) is -3.02. The second-order valence-corrected chi connectivity index (χ2v) is 2.83. The van der Waals surface area contributed by atoms with Crippen molar-refractivity contribution in [3.8, 4) is 0 Å². The lowest BCUT2D eigenvalue weighted by molar-refractivity contribution is -0.577. The lowest BCUT2D eigenvalue weighted by Gasteiger charge is -2.12. The molecule has 0 atom stereocenters. The Balaban J connectivity index is 3.14. The number of carboxylic acid groups (broad SMARTS) is 2. The van der Waals surface area contributed by atoms with Crippen molar-refractivity contribution in [1.82, 2.24) is 4.98 Å². The number of nitrogens with one attached hydrogen (secondary N) is 2. The van der Waals surface area contributed by atoms with Crippen LogP contribution in [0.2, 0.25) is 5.15 Å². The van der Waals surface area contributed by atoms with Crippen LogP contribution in [0.3, 0.4) is 0 Å². The smallest absolute Gasteiger partial charge is 0.458 e. The maximum atomic E-state index is 11.3. The Bertz CT molecular complexity index is 414. The third-order valence-corrected chi connectivity index (χ3v) is 1.53. The summed E-state index contributed by atoms with van der Waals surface area (Å²) >= 11 is 5.46. The molecule has 0 radical (unpaired) electrons. The number of halogens is 1. The first kappa shape index (κ1) is 11.8. The molecular formula is C6H5ClN4O5. The van der Waals surface area contributed by atoms with E-state index in [1.54, 1.807) is 10.6 Å². The molecule has 1 aromatic rings. The van der Waals surface area contributed by atoms with E-state index in [0.29, 0.717) is 0 Å². The van der Waals surface area contributed by atoms with E-state index in [2.05, 4.69) is 4.98 Å². The standard InChI is InChI=1S/C6H5ClN4O5/c7-2-1-3(9-5(12)13)11(16)4(8-2)10-6(14)15/h1,9H,(H,8,10)(H,12,13)(H,14,15). The van der Waals surface area contributed by atoms with Crippen LogP contribution in [0.1, 0.15) is 0 Å². The molecule has 2 amide bonds. The summed E-state index contributed by atoms with van der Waals surface area (Å²) in [4.78, 5) is 24.0. The summed E-state index contributed by atoms with van der Waals surface area (Å²) in [6.45, 7) is 0. The molecule has 0 saturated carbocycles. The number of aromatic nitrogens is 2. The highest BCUT2D eigenvalue weighted by molar-refractivity contribution is 6.29. The molecule has 86 valence electrons. The Morgan fingerprint density at radius 2 is 1.94 bits per heavy atom. The lowest BCUT2D eigenvalue weighted by atomic mass is 10.5. The molecule has 0 aromatic carbocycles. The third-order valence-electron chi connectivity index (χ3n) is 1.33. The first-order valence-electron chi connectivity index (χ1n) is 3.70. The molecule has 9 nitrogen and oxygen atoms in total. The molecule has 1 heterocycles. The van der Waals surface area contributed by atoms with Gasteiger partial charge in [-0.3, -0.25) is 0 Å². The molecule has 0 bridgehead atoms. The van der Waals surface area contributed by atoms with Crippen molar-refractivity contribution in [3.63, 3.8) is 0 Å². The summed E-state index contributed by atoms with van der Waals surface area (Å²) in [5.74, 6) is -1.11. The zero-order chi connectivity index (χ0) is 12.3. The third kappa shape index (κ3) is 2.85. The average molecular weight is 249 g/mol. The van der Waals surface area contributed by atoms with Crippen LogP contribution in [-0.4, -0.2) is 27.4 Å². The highest BCUT2D eigenvalue weighted by Crippen LogP contribution is 2.12. The summed E-state index contributed by atoms with van der Waals surface area (Å²) in [5, 5.41) is 31.3. The number of rotatable bonds is 2. The maximum absolute atomic E-state index is 11.3. The van der Waals surface area contributed by atoms with Crippen molar-refractivity contribution in [1.29, 1.82) is 0 Å². The maximum Gasteiger partial charge on any atom is 0.458 e. The van der Waals surface area contributed by atoms with Crippen LogP contribution in [0.5, 0.6) is 0 Å². The van der Waals surface area contributed by atoms with Gasteiger partial charge in [0.05, 0.1) is 6.07 Å². The van der Waals surface area contributed by atoms with Crippen molar-refractivity contribution in [2.45, 2.75) is 0 Å². The number of hydrogen-bond acceptors (Lipinski definition) is 4. The zero-order valence-corrected chi connectivity index (χ0v) is 8.22. The van der Waals surface area contributed by atoms with Gasteiger partial charge in [-0.1, -0.05) is 4.98 Å². The molecule has 0 fully saturated rings. The van der Waals surface area contributed by atoms with Crippen molar-refractivity contribution in [2.24, 2.45) is 0 Å². The Hall–Kier alpha value is -2.29. The normalized spacial score (nSPS) is 9.56. The van der Waals surface area contributed by atoms with Gasteiger partial charge in [0, 0.05) is 0 Å². The summed E-state index contributed by atoms with van der Waals surface area (Å²) in [7, 11) is 0. The minimum atomic E-state index is -1.53. The first-order valence-corrected chi connectivity index (χ1v) is 4.08. The SMILES string of the molecule is O=C(O)Nc1cc(Cl)nc(NC(=O)O)[n+]1[O-]. The number of hydrogen-bond donors (Lipinski definition) is 4. The van der Waals surface area contributed by atoms with Gasteiger partial charge in [-0.2, -0.15) is 5.32 Å². The number of amides is 2.